The summed E-state index contributed by atoms with van der Waals surface area (Å²) in [6, 6.07) is 3.36. The average Bonchev–Trinajstić information content (AvgIpc) is 2.83. The molecule has 2 amide bonds. The lowest BCUT2D eigenvalue weighted by atomic mass is 10.1. The second kappa shape index (κ2) is 11.3. The smallest absolute Gasteiger partial charge is 0.254 e. The zero-order valence-corrected chi connectivity index (χ0v) is 19.3. The van der Waals surface area contributed by atoms with Gasteiger partial charge in [0.25, 0.3) is 5.91 Å². The van der Waals surface area contributed by atoms with Gasteiger partial charge >= 0.3 is 0 Å². The summed E-state index contributed by atoms with van der Waals surface area (Å²) in [6.45, 7) is 5.19. The number of rotatable bonds is 8. The number of carbonyl (C=O) groups excluding carboxylic acids is 2. The lowest BCUT2D eigenvalue weighted by Crippen LogP contribution is -2.54. The molecular formula is C22H33N3O7. The van der Waals surface area contributed by atoms with Crippen LogP contribution in [-0.4, -0.2) is 120 Å². The standard InChI is InChI=1S/C22H33N3O7/c1-28-15-20(26)25-9-10-32-17(14-25)13-23-5-7-24(8-6-23)22(27)16-11-18(29-2)21(31-4)19(12-16)30-3/h11-12,17H,5-10,13-15H2,1-4H3. The molecule has 1 unspecified atom stereocenters. The Morgan fingerprint density at radius 3 is 2.16 bits per heavy atom. The molecule has 1 atom stereocenters. The molecule has 32 heavy (non-hydrogen) atoms. The van der Waals surface area contributed by atoms with E-state index in [9.17, 15) is 9.59 Å². The molecule has 3 rings (SSSR count). The average molecular weight is 452 g/mol. The zero-order chi connectivity index (χ0) is 23.1. The van der Waals surface area contributed by atoms with Crippen LogP contribution in [0.1, 0.15) is 10.4 Å². The lowest BCUT2D eigenvalue weighted by Gasteiger charge is -2.39. The third kappa shape index (κ3) is 5.62. The topological polar surface area (TPSA) is 90.0 Å². The van der Waals surface area contributed by atoms with E-state index in [4.69, 9.17) is 23.7 Å². The summed E-state index contributed by atoms with van der Waals surface area (Å²) in [6.07, 6.45) is -0.0399. The van der Waals surface area contributed by atoms with E-state index in [0.29, 0.717) is 55.6 Å². The second-order valence-corrected chi connectivity index (χ2v) is 7.77. The van der Waals surface area contributed by atoms with Crippen molar-refractivity contribution in [3.63, 3.8) is 0 Å². The van der Waals surface area contributed by atoms with Crippen LogP contribution in [-0.2, 0) is 14.3 Å². The number of hydrogen-bond donors (Lipinski definition) is 0. The predicted octanol–water partition coefficient (Wildman–Crippen LogP) is 0.344. The molecule has 0 aromatic heterocycles. The minimum absolute atomic E-state index is 0.0124. The Bertz CT molecular complexity index is 771. The molecule has 10 heteroatoms. The van der Waals surface area contributed by atoms with Crippen LogP contribution < -0.4 is 14.2 Å². The highest BCUT2D eigenvalue weighted by Crippen LogP contribution is 2.38. The van der Waals surface area contributed by atoms with Gasteiger partial charge in [0.05, 0.1) is 34.0 Å². The highest BCUT2D eigenvalue weighted by atomic mass is 16.5. The molecule has 0 radical (unpaired) electrons. The second-order valence-electron chi connectivity index (χ2n) is 7.77. The van der Waals surface area contributed by atoms with E-state index < -0.39 is 0 Å². The monoisotopic (exact) mass is 451 g/mol. The molecule has 0 bridgehead atoms. The Labute approximate surface area is 188 Å². The number of methoxy groups -OCH3 is 4. The van der Waals surface area contributed by atoms with Crippen LogP contribution in [0.4, 0.5) is 0 Å². The summed E-state index contributed by atoms with van der Waals surface area (Å²) < 4.78 is 26.9. The van der Waals surface area contributed by atoms with Gasteiger partial charge in [-0.15, -0.1) is 0 Å². The molecule has 2 aliphatic heterocycles. The molecule has 2 aliphatic rings. The van der Waals surface area contributed by atoms with Crippen LogP contribution in [0.5, 0.6) is 17.2 Å². The van der Waals surface area contributed by atoms with E-state index in [1.807, 2.05) is 4.90 Å². The first-order valence-corrected chi connectivity index (χ1v) is 10.7. The molecule has 0 aliphatic carbocycles. The maximum absolute atomic E-state index is 13.1. The first-order chi connectivity index (χ1) is 15.5. The van der Waals surface area contributed by atoms with Gasteiger partial charge in [0, 0.05) is 58.5 Å². The largest absolute Gasteiger partial charge is 0.493 e. The number of carbonyl (C=O) groups is 2. The molecule has 2 saturated heterocycles. The highest BCUT2D eigenvalue weighted by Gasteiger charge is 2.29. The minimum Gasteiger partial charge on any atom is -0.493 e. The van der Waals surface area contributed by atoms with Crippen molar-refractivity contribution in [2.75, 3.05) is 87.5 Å². The van der Waals surface area contributed by atoms with Gasteiger partial charge in [-0.05, 0) is 12.1 Å². The first kappa shape index (κ1) is 24.1. The van der Waals surface area contributed by atoms with E-state index in [1.54, 1.807) is 17.0 Å². The predicted molar refractivity (Wildman–Crippen MR) is 117 cm³/mol. The summed E-state index contributed by atoms with van der Waals surface area (Å²) in [5, 5.41) is 0. The number of ether oxygens (including phenoxy) is 5. The molecule has 10 nitrogen and oxygen atoms in total. The van der Waals surface area contributed by atoms with Gasteiger partial charge in [0.2, 0.25) is 11.7 Å². The Morgan fingerprint density at radius 2 is 1.59 bits per heavy atom. The van der Waals surface area contributed by atoms with Crippen LogP contribution in [0.15, 0.2) is 12.1 Å². The number of morpholine rings is 1. The fraction of sp³-hybridized carbons (Fsp3) is 0.636. The normalized spacial score (nSPS) is 19.6. The van der Waals surface area contributed by atoms with Crippen molar-refractivity contribution in [2.45, 2.75) is 6.10 Å². The molecule has 1 aromatic carbocycles. The summed E-state index contributed by atoms with van der Waals surface area (Å²) >= 11 is 0. The summed E-state index contributed by atoms with van der Waals surface area (Å²) in [5.41, 5.74) is 0.496. The third-order valence-electron chi connectivity index (χ3n) is 5.79. The molecule has 0 spiro atoms. The minimum atomic E-state index is -0.0749. The van der Waals surface area contributed by atoms with Crippen molar-refractivity contribution in [3.05, 3.63) is 17.7 Å². The van der Waals surface area contributed by atoms with Crippen molar-refractivity contribution in [1.29, 1.82) is 0 Å². The Morgan fingerprint density at radius 1 is 0.938 bits per heavy atom. The van der Waals surface area contributed by atoms with Gasteiger partial charge in [-0.2, -0.15) is 0 Å². The SMILES string of the molecule is COCC(=O)N1CCOC(CN2CCN(C(=O)c3cc(OC)c(OC)c(OC)c3)CC2)C1. The van der Waals surface area contributed by atoms with E-state index in [2.05, 4.69) is 4.90 Å². The van der Waals surface area contributed by atoms with Crippen molar-refractivity contribution in [2.24, 2.45) is 0 Å². The number of hydrogen-bond acceptors (Lipinski definition) is 8. The van der Waals surface area contributed by atoms with Crippen LogP contribution in [0.25, 0.3) is 0 Å². The van der Waals surface area contributed by atoms with E-state index in [-0.39, 0.29) is 24.5 Å². The van der Waals surface area contributed by atoms with Crippen molar-refractivity contribution < 1.29 is 33.3 Å². The van der Waals surface area contributed by atoms with Crippen molar-refractivity contribution in [3.8, 4) is 17.2 Å². The quantitative estimate of drug-likeness (QED) is 0.559. The summed E-state index contributed by atoms with van der Waals surface area (Å²) in [4.78, 5) is 31.1. The van der Waals surface area contributed by atoms with Gasteiger partial charge in [0.15, 0.2) is 11.5 Å². The zero-order valence-electron chi connectivity index (χ0n) is 19.3. The summed E-state index contributed by atoms with van der Waals surface area (Å²) in [7, 11) is 6.11. The van der Waals surface area contributed by atoms with E-state index in [1.165, 1.54) is 28.4 Å². The molecule has 1 aromatic rings. The number of piperazine rings is 1. The maximum atomic E-state index is 13.1. The van der Waals surface area contributed by atoms with E-state index in [0.717, 1.165) is 19.6 Å². The lowest BCUT2D eigenvalue weighted by molar-refractivity contribution is -0.143. The molecule has 0 saturated carbocycles. The van der Waals surface area contributed by atoms with Crippen LogP contribution in [0.3, 0.4) is 0 Å². The van der Waals surface area contributed by atoms with Gasteiger partial charge in [-0.25, -0.2) is 0 Å². The van der Waals surface area contributed by atoms with E-state index >= 15 is 0 Å². The maximum Gasteiger partial charge on any atom is 0.254 e. The Kier molecular flexibility index (Phi) is 8.54. The summed E-state index contributed by atoms with van der Waals surface area (Å²) in [5.74, 6) is 1.28. The molecule has 0 N–H and O–H groups in total. The first-order valence-electron chi connectivity index (χ1n) is 10.7. The third-order valence-corrected chi connectivity index (χ3v) is 5.79. The molecular weight excluding hydrogens is 418 g/mol. The van der Waals surface area contributed by atoms with Gasteiger partial charge in [-0.3, -0.25) is 14.5 Å². The van der Waals surface area contributed by atoms with Gasteiger partial charge < -0.3 is 33.5 Å². The van der Waals surface area contributed by atoms with Gasteiger partial charge in [-0.1, -0.05) is 0 Å². The van der Waals surface area contributed by atoms with Crippen LogP contribution in [0, 0.1) is 0 Å². The number of benzene rings is 1. The van der Waals surface area contributed by atoms with Crippen molar-refractivity contribution in [1.82, 2.24) is 14.7 Å². The molecule has 2 fully saturated rings. The number of amides is 2. The highest BCUT2D eigenvalue weighted by molar-refractivity contribution is 5.95. The van der Waals surface area contributed by atoms with Gasteiger partial charge in [0.1, 0.15) is 6.61 Å². The van der Waals surface area contributed by atoms with Crippen LogP contribution >= 0.6 is 0 Å². The fourth-order valence-corrected chi connectivity index (χ4v) is 4.08. The molecule has 2 heterocycles. The Hall–Kier alpha value is -2.56. The Balaban J connectivity index is 1.55. The molecule has 178 valence electrons. The fourth-order valence-electron chi connectivity index (χ4n) is 4.08. The van der Waals surface area contributed by atoms with Crippen LogP contribution in [0.2, 0.25) is 0 Å². The van der Waals surface area contributed by atoms with Crippen molar-refractivity contribution >= 4 is 11.8 Å². The number of nitrogens with zero attached hydrogens (tertiary/aromatic N) is 3.